The van der Waals surface area contributed by atoms with Gasteiger partial charge in [-0.05, 0) is 59.2 Å². The van der Waals surface area contributed by atoms with Crippen molar-refractivity contribution in [3.05, 3.63) is 0 Å². The number of hydrogen-bond donors (Lipinski definition) is 1. The molecular weight excluding hydrogens is 184 g/mol. The predicted molar refractivity (Wildman–Crippen MR) is 67.3 cm³/mol. The Morgan fingerprint density at radius 1 is 1.33 bits per heavy atom. The van der Waals surface area contributed by atoms with E-state index in [0.29, 0.717) is 0 Å². The summed E-state index contributed by atoms with van der Waals surface area (Å²) in [5, 5.41) is 3.23. The van der Waals surface area contributed by atoms with Crippen LogP contribution in [-0.4, -0.2) is 37.1 Å². The lowest BCUT2D eigenvalue weighted by Crippen LogP contribution is -2.36. The van der Waals surface area contributed by atoms with E-state index < -0.39 is 0 Å². The normalized spacial score (nSPS) is 18.4. The van der Waals surface area contributed by atoms with E-state index in [9.17, 15) is 0 Å². The highest BCUT2D eigenvalue weighted by Crippen LogP contribution is 2.29. The van der Waals surface area contributed by atoms with E-state index in [1.807, 2.05) is 7.05 Å². The lowest BCUT2D eigenvalue weighted by molar-refractivity contribution is 0.184. The van der Waals surface area contributed by atoms with Crippen molar-refractivity contribution in [3.8, 4) is 0 Å². The van der Waals surface area contributed by atoms with Crippen LogP contribution < -0.4 is 5.32 Å². The topological polar surface area (TPSA) is 15.3 Å². The van der Waals surface area contributed by atoms with Crippen molar-refractivity contribution in [1.29, 1.82) is 0 Å². The van der Waals surface area contributed by atoms with Crippen LogP contribution in [0.5, 0.6) is 0 Å². The number of nitrogens with zero attached hydrogens (tertiary/aromatic N) is 1. The van der Waals surface area contributed by atoms with Crippen LogP contribution in [0.4, 0.5) is 0 Å². The second-order valence-corrected chi connectivity index (χ2v) is 4.92. The molecule has 1 fully saturated rings. The molecule has 0 saturated heterocycles. The molecule has 0 aromatic carbocycles. The molecule has 1 atom stereocenters. The summed E-state index contributed by atoms with van der Waals surface area (Å²) < 4.78 is 0. The van der Waals surface area contributed by atoms with Crippen molar-refractivity contribution in [2.75, 3.05) is 20.1 Å². The van der Waals surface area contributed by atoms with Crippen LogP contribution >= 0.6 is 0 Å². The van der Waals surface area contributed by atoms with Crippen LogP contribution in [-0.2, 0) is 0 Å². The van der Waals surface area contributed by atoms with Crippen LogP contribution in [0.1, 0.15) is 52.4 Å². The maximum atomic E-state index is 3.23. The first kappa shape index (κ1) is 13.0. The van der Waals surface area contributed by atoms with Gasteiger partial charge in [0.25, 0.3) is 0 Å². The standard InChI is InChI=1S/C13H28N2/c1-4-5-11-15(13-8-9-13)12(2)7-6-10-14-3/h12-14H,4-11H2,1-3H3. The van der Waals surface area contributed by atoms with Gasteiger partial charge in [0.05, 0.1) is 0 Å². The Kier molecular flexibility index (Phi) is 6.26. The maximum Gasteiger partial charge on any atom is 0.00992 e. The average molecular weight is 212 g/mol. The van der Waals surface area contributed by atoms with Crippen molar-refractivity contribution in [2.24, 2.45) is 0 Å². The summed E-state index contributed by atoms with van der Waals surface area (Å²) in [4.78, 5) is 2.75. The van der Waals surface area contributed by atoms with Gasteiger partial charge in [-0.2, -0.15) is 0 Å². The third kappa shape index (κ3) is 4.98. The Morgan fingerprint density at radius 2 is 2.07 bits per heavy atom. The van der Waals surface area contributed by atoms with E-state index in [4.69, 9.17) is 0 Å². The van der Waals surface area contributed by atoms with Crippen molar-refractivity contribution >= 4 is 0 Å². The fourth-order valence-corrected chi connectivity index (χ4v) is 2.25. The average Bonchev–Trinajstić information content (AvgIpc) is 3.03. The highest BCUT2D eigenvalue weighted by atomic mass is 15.2. The molecule has 15 heavy (non-hydrogen) atoms. The molecule has 1 N–H and O–H groups in total. The van der Waals surface area contributed by atoms with Gasteiger partial charge in [-0.25, -0.2) is 0 Å². The van der Waals surface area contributed by atoms with Crippen LogP contribution in [0.25, 0.3) is 0 Å². The minimum atomic E-state index is 0.789. The molecule has 0 bridgehead atoms. The van der Waals surface area contributed by atoms with Gasteiger partial charge in [-0.1, -0.05) is 13.3 Å². The Bertz CT molecular complexity index is 155. The van der Waals surface area contributed by atoms with Gasteiger partial charge in [0.1, 0.15) is 0 Å². The number of unbranched alkanes of at least 4 members (excludes halogenated alkanes) is 1. The van der Waals surface area contributed by atoms with Gasteiger partial charge in [0.15, 0.2) is 0 Å². The Labute approximate surface area is 95.4 Å². The summed E-state index contributed by atoms with van der Waals surface area (Å²) in [6.45, 7) is 7.18. The van der Waals surface area contributed by atoms with Crippen LogP contribution in [0, 0.1) is 0 Å². The van der Waals surface area contributed by atoms with Crippen molar-refractivity contribution in [2.45, 2.75) is 64.5 Å². The number of rotatable bonds is 9. The van der Waals surface area contributed by atoms with Crippen molar-refractivity contribution in [1.82, 2.24) is 10.2 Å². The molecular formula is C13H28N2. The van der Waals surface area contributed by atoms with E-state index in [-0.39, 0.29) is 0 Å². The third-order valence-electron chi connectivity index (χ3n) is 3.40. The number of hydrogen-bond acceptors (Lipinski definition) is 2. The SMILES string of the molecule is CCCCN(C(C)CCCNC)C1CC1. The largest absolute Gasteiger partial charge is 0.320 e. The van der Waals surface area contributed by atoms with Gasteiger partial charge in [-0.3, -0.25) is 4.90 Å². The lowest BCUT2D eigenvalue weighted by Gasteiger charge is -2.29. The van der Waals surface area contributed by atoms with Crippen molar-refractivity contribution in [3.63, 3.8) is 0 Å². The van der Waals surface area contributed by atoms with Crippen molar-refractivity contribution < 1.29 is 0 Å². The first-order valence-electron chi connectivity index (χ1n) is 6.70. The van der Waals surface area contributed by atoms with Gasteiger partial charge in [-0.15, -0.1) is 0 Å². The zero-order valence-electron chi connectivity index (χ0n) is 10.8. The Morgan fingerprint density at radius 3 is 2.60 bits per heavy atom. The van der Waals surface area contributed by atoms with E-state index in [2.05, 4.69) is 24.1 Å². The molecule has 1 aliphatic carbocycles. The second-order valence-electron chi connectivity index (χ2n) is 4.92. The minimum Gasteiger partial charge on any atom is -0.320 e. The summed E-state index contributed by atoms with van der Waals surface area (Å²) in [5.74, 6) is 0. The molecule has 2 heteroatoms. The van der Waals surface area contributed by atoms with Crippen LogP contribution in [0.3, 0.4) is 0 Å². The first-order valence-corrected chi connectivity index (χ1v) is 6.70. The molecule has 0 amide bonds. The van der Waals surface area contributed by atoms with E-state index in [1.165, 1.54) is 45.1 Å². The molecule has 0 aliphatic heterocycles. The molecule has 1 rings (SSSR count). The molecule has 1 aliphatic rings. The molecule has 1 unspecified atom stereocenters. The van der Waals surface area contributed by atoms with Gasteiger partial charge >= 0.3 is 0 Å². The zero-order chi connectivity index (χ0) is 11.1. The second kappa shape index (κ2) is 7.24. The van der Waals surface area contributed by atoms with E-state index in [0.717, 1.165) is 18.6 Å². The lowest BCUT2D eigenvalue weighted by atomic mass is 10.1. The highest BCUT2D eigenvalue weighted by Gasteiger charge is 2.31. The van der Waals surface area contributed by atoms with Gasteiger partial charge in [0.2, 0.25) is 0 Å². The summed E-state index contributed by atoms with van der Waals surface area (Å²) in [5.41, 5.74) is 0. The first-order chi connectivity index (χ1) is 7.29. The molecule has 0 aromatic heterocycles. The fraction of sp³-hybridized carbons (Fsp3) is 1.00. The fourth-order valence-electron chi connectivity index (χ4n) is 2.25. The van der Waals surface area contributed by atoms with E-state index >= 15 is 0 Å². The minimum absolute atomic E-state index is 0.789. The quantitative estimate of drug-likeness (QED) is 0.591. The van der Waals surface area contributed by atoms with Gasteiger partial charge in [0, 0.05) is 12.1 Å². The predicted octanol–water partition coefficient (Wildman–Crippen LogP) is 2.64. The molecule has 90 valence electrons. The molecule has 0 aromatic rings. The zero-order valence-corrected chi connectivity index (χ0v) is 10.8. The molecule has 1 saturated carbocycles. The summed E-state index contributed by atoms with van der Waals surface area (Å²) in [7, 11) is 2.04. The van der Waals surface area contributed by atoms with Crippen LogP contribution in [0.15, 0.2) is 0 Å². The Balaban J connectivity index is 2.20. The maximum absolute atomic E-state index is 3.23. The summed E-state index contributed by atoms with van der Waals surface area (Å²) in [6, 6.07) is 1.72. The molecule has 0 radical (unpaired) electrons. The third-order valence-corrected chi connectivity index (χ3v) is 3.40. The molecule has 0 spiro atoms. The van der Waals surface area contributed by atoms with E-state index in [1.54, 1.807) is 0 Å². The molecule has 2 nitrogen and oxygen atoms in total. The molecule has 0 heterocycles. The van der Waals surface area contributed by atoms with Gasteiger partial charge < -0.3 is 5.32 Å². The smallest absolute Gasteiger partial charge is 0.00992 e. The highest BCUT2D eigenvalue weighted by molar-refractivity contribution is 4.87. The Hall–Kier alpha value is -0.0800. The monoisotopic (exact) mass is 212 g/mol. The van der Waals surface area contributed by atoms with Crippen LogP contribution in [0.2, 0.25) is 0 Å². The summed E-state index contributed by atoms with van der Waals surface area (Å²) >= 11 is 0. The number of nitrogens with one attached hydrogen (secondary N) is 1. The summed E-state index contributed by atoms with van der Waals surface area (Å²) in [6.07, 6.45) is 8.24.